The van der Waals surface area contributed by atoms with E-state index in [1.807, 2.05) is 20.8 Å². The predicted molar refractivity (Wildman–Crippen MR) is 73.7 cm³/mol. The zero-order valence-electron chi connectivity index (χ0n) is 10.2. The van der Waals surface area contributed by atoms with Crippen LogP contribution in [0.25, 0.3) is 0 Å². The van der Waals surface area contributed by atoms with Crippen LogP contribution in [-0.4, -0.2) is 18.6 Å². The summed E-state index contributed by atoms with van der Waals surface area (Å²) in [5, 5.41) is 10.7. The second kappa shape index (κ2) is 4.60. The van der Waals surface area contributed by atoms with E-state index in [0.717, 1.165) is 5.01 Å². The molecule has 0 unspecified atom stereocenters. The number of rotatable bonds is 3. The van der Waals surface area contributed by atoms with Gasteiger partial charge in [-0.1, -0.05) is 38.2 Å². The van der Waals surface area contributed by atoms with Crippen molar-refractivity contribution < 1.29 is 8.42 Å². The van der Waals surface area contributed by atoms with Crippen LogP contribution in [0.15, 0.2) is 21.7 Å². The van der Waals surface area contributed by atoms with Crippen LogP contribution in [0.2, 0.25) is 0 Å². The molecule has 2 rings (SSSR count). The number of nitrogens with one attached hydrogen (secondary N) is 1. The van der Waals surface area contributed by atoms with Gasteiger partial charge in [0.05, 0.1) is 0 Å². The number of aromatic nitrogens is 2. The topological polar surface area (TPSA) is 72.0 Å². The molecular weight excluding hydrogens is 290 g/mol. The minimum absolute atomic E-state index is 0.135. The molecule has 8 heteroatoms. The molecule has 0 radical (unpaired) electrons. The molecule has 98 valence electrons. The number of thiophene rings is 1. The van der Waals surface area contributed by atoms with Crippen LogP contribution < -0.4 is 4.72 Å². The molecule has 0 bridgehead atoms. The van der Waals surface area contributed by atoms with E-state index in [2.05, 4.69) is 14.9 Å². The molecular formula is C10H13N3O2S3. The highest BCUT2D eigenvalue weighted by molar-refractivity contribution is 7.94. The molecule has 0 atom stereocenters. The quantitative estimate of drug-likeness (QED) is 0.946. The van der Waals surface area contributed by atoms with Crippen molar-refractivity contribution >= 4 is 37.8 Å². The Hall–Kier alpha value is -0.990. The maximum atomic E-state index is 12.0. The molecule has 0 aliphatic carbocycles. The summed E-state index contributed by atoms with van der Waals surface area (Å²) in [5.74, 6) is 0. The Balaban J connectivity index is 2.23. The lowest BCUT2D eigenvalue weighted by atomic mass is 9.98. The zero-order chi connectivity index (χ0) is 13.4. The zero-order valence-corrected chi connectivity index (χ0v) is 12.6. The molecule has 0 aliphatic heterocycles. The first-order chi connectivity index (χ1) is 8.29. The minimum atomic E-state index is -3.53. The molecule has 0 saturated heterocycles. The third kappa shape index (κ3) is 2.88. The largest absolute Gasteiger partial charge is 0.273 e. The molecule has 0 fully saturated rings. The Bertz CT molecular complexity index is 624. The highest BCUT2D eigenvalue weighted by Crippen LogP contribution is 2.29. The van der Waals surface area contributed by atoms with Crippen LogP contribution in [0.4, 0.5) is 5.13 Å². The summed E-state index contributed by atoms with van der Waals surface area (Å²) in [7, 11) is -3.53. The van der Waals surface area contributed by atoms with E-state index in [0.29, 0.717) is 5.13 Å². The van der Waals surface area contributed by atoms with Gasteiger partial charge in [-0.05, 0) is 11.4 Å². The van der Waals surface area contributed by atoms with Crippen LogP contribution in [-0.2, 0) is 15.4 Å². The van der Waals surface area contributed by atoms with E-state index >= 15 is 0 Å². The normalized spacial score (nSPS) is 12.6. The Morgan fingerprint density at radius 3 is 2.50 bits per heavy atom. The van der Waals surface area contributed by atoms with Crippen molar-refractivity contribution in [2.45, 2.75) is 30.4 Å². The SMILES string of the molecule is CC(C)(C)c1nnc(NS(=O)(=O)c2cccs2)s1. The molecule has 0 saturated carbocycles. The van der Waals surface area contributed by atoms with Gasteiger partial charge in [0.2, 0.25) is 5.13 Å². The summed E-state index contributed by atoms with van der Waals surface area (Å²) in [6.07, 6.45) is 0. The van der Waals surface area contributed by atoms with E-state index in [-0.39, 0.29) is 9.62 Å². The molecule has 0 amide bonds. The summed E-state index contributed by atoms with van der Waals surface area (Å²) < 4.78 is 26.6. The predicted octanol–water partition coefficient (Wildman–Crippen LogP) is 2.70. The second-order valence-electron chi connectivity index (χ2n) is 4.70. The van der Waals surface area contributed by atoms with Gasteiger partial charge in [0, 0.05) is 5.41 Å². The van der Waals surface area contributed by atoms with E-state index in [1.54, 1.807) is 17.5 Å². The minimum Gasteiger partial charge on any atom is -0.253 e. The molecule has 2 aromatic heterocycles. The monoisotopic (exact) mass is 303 g/mol. The summed E-state index contributed by atoms with van der Waals surface area (Å²) in [6, 6.07) is 3.25. The lowest BCUT2D eigenvalue weighted by Crippen LogP contribution is -2.11. The summed E-state index contributed by atoms with van der Waals surface area (Å²) >= 11 is 2.42. The van der Waals surface area contributed by atoms with Gasteiger partial charge < -0.3 is 0 Å². The van der Waals surface area contributed by atoms with Crippen molar-refractivity contribution in [2.24, 2.45) is 0 Å². The molecule has 0 aromatic carbocycles. The van der Waals surface area contributed by atoms with E-state index in [9.17, 15) is 8.42 Å². The number of anilines is 1. The lowest BCUT2D eigenvalue weighted by molar-refractivity contribution is 0.578. The molecule has 18 heavy (non-hydrogen) atoms. The first-order valence-corrected chi connectivity index (χ1v) is 8.37. The fraction of sp³-hybridized carbons (Fsp3) is 0.400. The average Bonchev–Trinajstić information content (AvgIpc) is 2.83. The van der Waals surface area contributed by atoms with Crippen molar-refractivity contribution in [1.82, 2.24) is 10.2 Å². The maximum Gasteiger partial charge on any atom is 0.273 e. The van der Waals surface area contributed by atoms with E-state index in [1.165, 1.54) is 22.7 Å². The van der Waals surface area contributed by atoms with Crippen molar-refractivity contribution in [2.75, 3.05) is 4.72 Å². The molecule has 0 aliphatic rings. The molecule has 0 spiro atoms. The van der Waals surface area contributed by atoms with Crippen molar-refractivity contribution in [3.63, 3.8) is 0 Å². The van der Waals surface area contributed by atoms with Crippen molar-refractivity contribution in [3.05, 3.63) is 22.5 Å². The second-order valence-corrected chi connectivity index (χ2v) is 8.53. The highest BCUT2D eigenvalue weighted by Gasteiger charge is 2.22. The number of nitrogens with zero attached hydrogens (tertiary/aromatic N) is 2. The van der Waals surface area contributed by atoms with E-state index < -0.39 is 10.0 Å². The molecule has 1 N–H and O–H groups in total. The van der Waals surface area contributed by atoms with Crippen LogP contribution in [0.1, 0.15) is 25.8 Å². The van der Waals surface area contributed by atoms with Gasteiger partial charge in [0.15, 0.2) is 0 Å². The van der Waals surface area contributed by atoms with Gasteiger partial charge >= 0.3 is 0 Å². The Morgan fingerprint density at radius 1 is 1.28 bits per heavy atom. The standard InChI is InChI=1S/C10H13N3O2S3/c1-10(2,3)8-11-12-9(17-8)13-18(14,15)7-5-4-6-16-7/h4-6H,1-3H3,(H,12,13). The first-order valence-electron chi connectivity index (χ1n) is 5.19. The Morgan fingerprint density at radius 2 is 2.00 bits per heavy atom. The van der Waals surface area contributed by atoms with Gasteiger partial charge in [0.25, 0.3) is 10.0 Å². The number of hydrogen-bond donors (Lipinski definition) is 1. The lowest BCUT2D eigenvalue weighted by Gasteiger charge is -2.12. The Labute approximate surface area is 114 Å². The molecule has 2 aromatic rings. The van der Waals surface area contributed by atoms with Crippen molar-refractivity contribution in [1.29, 1.82) is 0 Å². The summed E-state index contributed by atoms with van der Waals surface area (Å²) in [4.78, 5) is 0. The van der Waals surface area contributed by atoms with Crippen LogP contribution in [0.3, 0.4) is 0 Å². The summed E-state index contributed by atoms with van der Waals surface area (Å²) in [5.41, 5.74) is -0.135. The Kier molecular flexibility index (Phi) is 3.43. The fourth-order valence-corrected chi connectivity index (χ4v) is 4.17. The van der Waals surface area contributed by atoms with Crippen molar-refractivity contribution in [3.8, 4) is 0 Å². The highest BCUT2D eigenvalue weighted by atomic mass is 32.2. The maximum absolute atomic E-state index is 12.0. The summed E-state index contributed by atoms with van der Waals surface area (Å²) in [6.45, 7) is 6.02. The fourth-order valence-electron chi connectivity index (χ4n) is 1.15. The van der Waals surface area contributed by atoms with Gasteiger partial charge in [0.1, 0.15) is 9.22 Å². The molecule has 2 heterocycles. The van der Waals surface area contributed by atoms with Crippen LogP contribution in [0.5, 0.6) is 0 Å². The number of sulfonamides is 1. The van der Waals surface area contributed by atoms with Crippen LogP contribution in [0, 0.1) is 0 Å². The van der Waals surface area contributed by atoms with Crippen LogP contribution >= 0.6 is 22.7 Å². The van der Waals surface area contributed by atoms with E-state index in [4.69, 9.17) is 0 Å². The van der Waals surface area contributed by atoms with Gasteiger partial charge in [-0.2, -0.15) is 0 Å². The third-order valence-corrected chi connectivity index (χ3v) is 6.18. The third-order valence-electron chi connectivity index (χ3n) is 2.05. The van der Waals surface area contributed by atoms with Gasteiger partial charge in [-0.15, -0.1) is 21.5 Å². The van der Waals surface area contributed by atoms with Gasteiger partial charge in [-0.25, -0.2) is 8.42 Å². The average molecular weight is 303 g/mol. The van der Waals surface area contributed by atoms with Gasteiger partial charge in [-0.3, -0.25) is 4.72 Å². The first kappa shape index (κ1) is 13.4. The molecule has 5 nitrogen and oxygen atoms in total. The smallest absolute Gasteiger partial charge is 0.253 e. The number of hydrogen-bond acceptors (Lipinski definition) is 6.